The Morgan fingerprint density at radius 3 is 1.28 bits per heavy atom. The molecule has 16 nitrogen and oxygen atoms in total. The summed E-state index contributed by atoms with van der Waals surface area (Å²) in [7, 11) is 0. The summed E-state index contributed by atoms with van der Waals surface area (Å²) in [6, 6.07) is 15.7. The van der Waals surface area contributed by atoms with Gasteiger partial charge in [0.15, 0.2) is 0 Å². The molecular formula is C40H37IO16. The molecule has 0 aliphatic heterocycles. The molecule has 3 aromatic carbocycles. The van der Waals surface area contributed by atoms with Gasteiger partial charge in [0.1, 0.15) is 49.4 Å². The Hall–Kier alpha value is -6.37. The lowest BCUT2D eigenvalue weighted by atomic mass is 10.2. The van der Waals surface area contributed by atoms with Gasteiger partial charge in [-0.25, -0.2) is 19.2 Å². The number of esters is 8. The summed E-state index contributed by atoms with van der Waals surface area (Å²) in [5.41, 5.74) is 0.331. The lowest BCUT2D eigenvalue weighted by molar-refractivity contribution is -0.150. The van der Waals surface area contributed by atoms with Gasteiger partial charge in [-0.3, -0.25) is 19.2 Å². The van der Waals surface area contributed by atoms with Gasteiger partial charge in [-0.05, 0) is 102 Å². The largest absolute Gasteiger partial charge is 0.462 e. The molecule has 3 rings (SSSR count). The first-order chi connectivity index (χ1) is 27.4. The van der Waals surface area contributed by atoms with Crippen molar-refractivity contribution in [3.8, 4) is 23.0 Å². The Labute approximate surface area is 340 Å². The second-order valence-electron chi connectivity index (χ2n) is 11.3. The van der Waals surface area contributed by atoms with Crippen molar-refractivity contribution in [2.24, 2.45) is 0 Å². The Morgan fingerprint density at radius 2 is 0.860 bits per heavy atom. The molecule has 0 heterocycles. The predicted octanol–water partition coefficient (Wildman–Crippen LogP) is 5.43. The zero-order valence-corrected chi connectivity index (χ0v) is 32.6. The molecule has 0 saturated heterocycles. The average molecular weight is 901 g/mol. The maximum absolute atomic E-state index is 12.8. The number of hydrogen-bond donors (Lipinski definition) is 0. The molecule has 3 aromatic rings. The summed E-state index contributed by atoms with van der Waals surface area (Å²) in [4.78, 5) is 95.2. The fourth-order valence-corrected chi connectivity index (χ4v) is 4.84. The van der Waals surface area contributed by atoms with E-state index in [1.165, 1.54) is 66.7 Å². The second kappa shape index (κ2) is 24.2. The normalized spacial score (nSPS) is 10.2. The van der Waals surface area contributed by atoms with Crippen molar-refractivity contribution >= 4 is 70.3 Å². The average Bonchev–Trinajstić information content (AvgIpc) is 3.19. The van der Waals surface area contributed by atoms with Gasteiger partial charge in [-0.2, -0.15) is 0 Å². The first-order valence-electron chi connectivity index (χ1n) is 17.1. The van der Waals surface area contributed by atoms with Crippen LogP contribution in [0.1, 0.15) is 59.2 Å². The van der Waals surface area contributed by atoms with Crippen molar-refractivity contribution in [3.05, 3.63) is 107 Å². The predicted molar refractivity (Wildman–Crippen MR) is 205 cm³/mol. The van der Waals surface area contributed by atoms with Crippen LogP contribution in [0.5, 0.6) is 23.0 Å². The SMILES string of the molecule is C=CC(=O)OCCOC(=O)CCCC(=O)Oc1ccc(C(=O)Oc2ccc(OC(=O)c3ccc(OC(=O)CCCC(=O)OCCOC(=O)C=C)cc3)c(I)c2)cc1. The van der Waals surface area contributed by atoms with E-state index >= 15 is 0 Å². The van der Waals surface area contributed by atoms with Gasteiger partial charge < -0.3 is 37.9 Å². The number of hydrogen-bond acceptors (Lipinski definition) is 16. The highest BCUT2D eigenvalue weighted by Gasteiger charge is 2.16. The van der Waals surface area contributed by atoms with E-state index in [0.717, 1.165) is 12.2 Å². The molecule has 0 unspecified atom stereocenters. The molecule has 0 fully saturated rings. The lowest BCUT2D eigenvalue weighted by Gasteiger charge is -2.10. The van der Waals surface area contributed by atoms with Crippen LogP contribution in [0.25, 0.3) is 0 Å². The third-order valence-corrected chi connectivity index (χ3v) is 7.84. The molecule has 57 heavy (non-hydrogen) atoms. The number of carbonyl (C=O) groups excluding carboxylic acids is 8. The molecule has 0 bridgehead atoms. The first-order valence-corrected chi connectivity index (χ1v) is 18.2. The van der Waals surface area contributed by atoms with E-state index in [-0.39, 0.29) is 99.1 Å². The highest BCUT2D eigenvalue weighted by molar-refractivity contribution is 14.1. The third-order valence-electron chi connectivity index (χ3n) is 7.00. The van der Waals surface area contributed by atoms with Crippen molar-refractivity contribution in [2.75, 3.05) is 26.4 Å². The molecule has 0 radical (unpaired) electrons. The van der Waals surface area contributed by atoms with Crippen LogP contribution in [0.15, 0.2) is 92.0 Å². The minimum Gasteiger partial charge on any atom is -0.462 e. The molecule has 0 spiro atoms. The zero-order chi connectivity index (χ0) is 41.6. The van der Waals surface area contributed by atoms with E-state index < -0.39 is 47.8 Å². The molecule has 17 heteroatoms. The van der Waals surface area contributed by atoms with Crippen LogP contribution in [-0.4, -0.2) is 74.2 Å². The van der Waals surface area contributed by atoms with Crippen molar-refractivity contribution < 1.29 is 76.3 Å². The van der Waals surface area contributed by atoms with E-state index in [2.05, 4.69) is 13.2 Å². The van der Waals surface area contributed by atoms with E-state index in [0.29, 0.717) is 3.57 Å². The van der Waals surface area contributed by atoms with Crippen LogP contribution in [0.4, 0.5) is 0 Å². The molecule has 0 saturated carbocycles. The van der Waals surface area contributed by atoms with Crippen molar-refractivity contribution in [1.82, 2.24) is 0 Å². The van der Waals surface area contributed by atoms with Crippen molar-refractivity contribution in [2.45, 2.75) is 38.5 Å². The highest BCUT2D eigenvalue weighted by Crippen LogP contribution is 2.28. The van der Waals surface area contributed by atoms with Crippen molar-refractivity contribution in [3.63, 3.8) is 0 Å². The number of benzene rings is 3. The van der Waals surface area contributed by atoms with Crippen LogP contribution >= 0.6 is 22.6 Å². The molecular weight excluding hydrogens is 863 g/mol. The third kappa shape index (κ3) is 17.3. The number of ether oxygens (including phenoxy) is 8. The van der Waals surface area contributed by atoms with Gasteiger partial charge in [0, 0.05) is 37.8 Å². The fraction of sp³-hybridized carbons (Fsp3) is 0.250. The van der Waals surface area contributed by atoms with E-state index in [1.54, 1.807) is 0 Å². The summed E-state index contributed by atoms with van der Waals surface area (Å²) in [5.74, 6) is -4.25. The fourth-order valence-electron chi connectivity index (χ4n) is 4.25. The summed E-state index contributed by atoms with van der Waals surface area (Å²) < 4.78 is 41.1. The van der Waals surface area contributed by atoms with Gasteiger partial charge in [0.25, 0.3) is 0 Å². The van der Waals surface area contributed by atoms with Gasteiger partial charge in [0.2, 0.25) is 0 Å². The van der Waals surface area contributed by atoms with Gasteiger partial charge in [0.05, 0.1) is 14.7 Å². The summed E-state index contributed by atoms with van der Waals surface area (Å²) in [6.07, 6.45) is 2.11. The van der Waals surface area contributed by atoms with Crippen LogP contribution in [-0.2, 0) is 47.7 Å². The van der Waals surface area contributed by atoms with Crippen LogP contribution < -0.4 is 18.9 Å². The molecule has 0 aliphatic carbocycles. The number of rotatable bonds is 22. The monoisotopic (exact) mass is 900 g/mol. The smallest absolute Gasteiger partial charge is 0.343 e. The molecule has 0 aliphatic rings. The summed E-state index contributed by atoms with van der Waals surface area (Å²) in [6.45, 7) is 6.05. The topological polar surface area (TPSA) is 210 Å². The molecule has 0 N–H and O–H groups in total. The van der Waals surface area contributed by atoms with Gasteiger partial charge >= 0.3 is 47.8 Å². The minimum atomic E-state index is -0.699. The maximum Gasteiger partial charge on any atom is 0.343 e. The highest BCUT2D eigenvalue weighted by atomic mass is 127. The molecule has 0 amide bonds. The van der Waals surface area contributed by atoms with Gasteiger partial charge in [-0.1, -0.05) is 13.2 Å². The molecule has 0 atom stereocenters. The first kappa shape index (κ1) is 45.0. The van der Waals surface area contributed by atoms with E-state index in [4.69, 9.17) is 37.9 Å². The quantitative estimate of drug-likeness (QED) is 0.0308. The van der Waals surface area contributed by atoms with Crippen LogP contribution in [0.3, 0.4) is 0 Å². The molecule has 0 aromatic heterocycles. The standard InChI is InChI=1S/C40H37IO16/c1-3-33(42)50-21-23-52-35(44)7-5-9-37(46)54-28-15-11-26(12-16-28)39(48)56-30-19-20-32(31(41)25-30)57-40(49)27-13-17-29(18-14-27)55-38(47)10-6-8-36(45)53-24-22-51-34(43)4-2/h3-4,11-20,25H,1-2,5-10,21-24H2. The second-order valence-corrected chi connectivity index (χ2v) is 12.4. The Balaban J connectivity index is 1.38. The van der Waals surface area contributed by atoms with Crippen molar-refractivity contribution in [1.29, 1.82) is 0 Å². The Bertz CT molecular complexity index is 1940. The maximum atomic E-state index is 12.8. The lowest BCUT2D eigenvalue weighted by Crippen LogP contribution is -2.14. The minimum absolute atomic E-state index is 0.0414. The van der Waals surface area contributed by atoms with Gasteiger partial charge in [-0.15, -0.1) is 0 Å². The Kier molecular flexibility index (Phi) is 19.1. The number of carbonyl (C=O) groups is 8. The van der Waals surface area contributed by atoms with E-state index in [9.17, 15) is 38.4 Å². The number of halogens is 1. The van der Waals surface area contributed by atoms with E-state index in [1.807, 2.05) is 22.6 Å². The molecule has 300 valence electrons. The Morgan fingerprint density at radius 1 is 0.474 bits per heavy atom. The summed E-state index contributed by atoms with van der Waals surface area (Å²) in [5, 5.41) is 0. The zero-order valence-electron chi connectivity index (χ0n) is 30.4. The summed E-state index contributed by atoms with van der Waals surface area (Å²) >= 11 is 1.91. The van der Waals surface area contributed by atoms with Crippen LogP contribution in [0.2, 0.25) is 0 Å². The van der Waals surface area contributed by atoms with Crippen LogP contribution in [0, 0.1) is 3.57 Å².